The normalized spacial score (nSPS) is 11.0. The highest BCUT2D eigenvalue weighted by Gasteiger charge is 2.12. The fourth-order valence-electron chi connectivity index (χ4n) is 2.40. The minimum Gasteiger partial charge on any atom is -0.493 e. The molecule has 0 radical (unpaired) electrons. The number of benzene rings is 2. The molecule has 0 unspecified atom stereocenters. The minimum atomic E-state index is -2.93. The predicted octanol–water partition coefficient (Wildman–Crippen LogP) is 3.58. The number of imidazole rings is 1. The molecule has 0 atom stereocenters. The Morgan fingerprint density at radius 2 is 2.07 bits per heavy atom. The Labute approximate surface area is 158 Å². The number of methoxy groups -OCH3 is 1. The summed E-state index contributed by atoms with van der Waals surface area (Å²) < 4.78 is 34.1. The Morgan fingerprint density at radius 3 is 2.81 bits per heavy atom. The largest absolute Gasteiger partial charge is 0.493 e. The molecule has 1 heterocycles. The molecule has 6 nitrogen and oxygen atoms in total. The first-order valence-corrected chi connectivity index (χ1v) is 8.99. The summed E-state index contributed by atoms with van der Waals surface area (Å²) in [4.78, 5) is 19.6. The second-order valence-electron chi connectivity index (χ2n) is 5.49. The molecule has 0 saturated heterocycles. The highest BCUT2D eigenvalue weighted by molar-refractivity contribution is 7.99. The maximum Gasteiger partial charge on any atom is 0.387 e. The Bertz CT molecular complexity index is 900. The lowest BCUT2D eigenvalue weighted by Gasteiger charge is -2.11. The van der Waals surface area contributed by atoms with Crippen molar-refractivity contribution in [1.29, 1.82) is 0 Å². The number of thioether (sulfide) groups is 1. The van der Waals surface area contributed by atoms with Crippen molar-refractivity contribution in [1.82, 2.24) is 15.3 Å². The molecule has 2 aromatic carbocycles. The van der Waals surface area contributed by atoms with E-state index < -0.39 is 6.61 Å². The van der Waals surface area contributed by atoms with Gasteiger partial charge in [0.05, 0.1) is 23.9 Å². The van der Waals surface area contributed by atoms with E-state index in [9.17, 15) is 13.6 Å². The topological polar surface area (TPSA) is 76.2 Å². The van der Waals surface area contributed by atoms with Gasteiger partial charge in [0, 0.05) is 6.54 Å². The molecular weight excluding hydrogens is 376 g/mol. The molecular formula is C18H17F2N3O3S. The number of fused-ring (bicyclic) bond motifs is 1. The van der Waals surface area contributed by atoms with Crippen molar-refractivity contribution in [3.05, 3.63) is 48.0 Å². The molecule has 3 rings (SSSR count). The van der Waals surface area contributed by atoms with Gasteiger partial charge in [-0.1, -0.05) is 30.0 Å². The zero-order valence-corrected chi connectivity index (χ0v) is 15.2. The average Bonchev–Trinajstić information content (AvgIpc) is 3.08. The lowest BCUT2D eigenvalue weighted by Crippen LogP contribution is -2.24. The summed E-state index contributed by atoms with van der Waals surface area (Å²) >= 11 is 1.30. The molecule has 0 fully saturated rings. The van der Waals surface area contributed by atoms with Crippen molar-refractivity contribution in [3.63, 3.8) is 0 Å². The molecule has 0 bridgehead atoms. The third-order valence-electron chi connectivity index (χ3n) is 3.64. The molecule has 0 aliphatic heterocycles. The molecule has 0 aliphatic rings. The standard InChI is InChI=1S/C18H17F2N3O3S/c1-25-15-8-11(6-7-14(15)26-17(19)20)9-21-16(24)10-27-18-22-12-4-2-3-5-13(12)23-18/h2-8,17H,9-10H2,1H3,(H,21,24)(H,22,23). The summed E-state index contributed by atoms with van der Waals surface area (Å²) in [7, 11) is 1.36. The van der Waals surface area contributed by atoms with Gasteiger partial charge in [-0.05, 0) is 29.8 Å². The lowest BCUT2D eigenvalue weighted by atomic mass is 10.2. The van der Waals surface area contributed by atoms with Crippen LogP contribution >= 0.6 is 11.8 Å². The minimum absolute atomic E-state index is 0.0528. The van der Waals surface area contributed by atoms with E-state index in [1.54, 1.807) is 12.1 Å². The van der Waals surface area contributed by atoms with Gasteiger partial charge in [0.15, 0.2) is 16.7 Å². The number of aromatic amines is 1. The number of hydrogen-bond donors (Lipinski definition) is 2. The zero-order chi connectivity index (χ0) is 19.2. The first-order chi connectivity index (χ1) is 13.0. The van der Waals surface area contributed by atoms with Gasteiger partial charge < -0.3 is 19.8 Å². The second kappa shape index (κ2) is 8.72. The van der Waals surface area contributed by atoms with E-state index in [0.717, 1.165) is 11.0 Å². The van der Waals surface area contributed by atoms with Crippen molar-refractivity contribution >= 4 is 28.7 Å². The van der Waals surface area contributed by atoms with E-state index in [4.69, 9.17) is 4.74 Å². The quantitative estimate of drug-likeness (QED) is 0.572. The van der Waals surface area contributed by atoms with Gasteiger partial charge in [0.1, 0.15) is 0 Å². The monoisotopic (exact) mass is 393 g/mol. The summed E-state index contributed by atoms with van der Waals surface area (Å²) in [5.74, 6) is 0.151. The fraction of sp³-hybridized carbons (Fsp3) is 0.222. The van der Waals surface area contributed by atoms with E-state index in [2.05, 4.69) is 20.0 Å². The van der Waals surface area contributed by atoms with Crippen molar-refractivity contribution in [3.8, 4) is 11.5 Å². The van der Waals surface area contributed by atoms with Gasteiger partial charge in [0.2, 0.25) is 5.91 Å². The Balaban J connectivity index is 1.52. The highest BCUT2D eigenvalue weighted by Crippen LogP contribution is 2.29. The van der Waals surface area contributed by atoms with E-state index >= 15 is 0 Å². The molecule has 1 aromatic heterocycles. The predicted molar refractivity (Wildman–Crippen MR) is 98.3 cm³/mol. The smallest absolute Gasteiger partial charge is 0.387 e. The molecule has 142 valence electrons. The number of ether oxygens (including phenoxy) is 2. The molecule has 3 aromatic rings. The van der Waals surface area contributed by atoms with Crippen molar-refractivity contribution in [2.45, 2.75) is 18.3 Å². The average molecular weight is 393 g/mol. The van der Waals surface area contributed by atoms with Crippen molar-refractivity contribution in [2.75, 3.05) is 12.9 Å². The van der Waals surface area contributed by atoms with Gasteiger partial charge in [0.25, 0.3) is 0 Å². The molecule has 9 heteroatoms. The van der Waals surface area contributed by atoms with E-state index in [-0.39, 0.29) is 29.7 Å². The number of aromatic nitrogens is 2. The number of nitrogens with zero attached hydrogens (tertiary/aromatic N) is 1. The number of rotatable bonds is 8. The number of H-pyrrole nitrogens is 1. The maximum atomic E-state index is 12.3. The van der Waals surface area contributed by atoms with Crippen molar-refractivity contribution < 1.29 is 23.0 Å². The second-order valence-corrected chi connectivity index (χ2v) is 6.45. The third kappa shape index (κ3) is 5.10. The Kier molecular flexibility index (Phi) is 6.12. The summed E-state index contributed by atoms with van der Waals surface area (Å²) in [5.41, 5.74) is 2.47. The molecule has 1 amide bonds. The lowest BCUT2D eigenvalue weighted by molar-refractivity contribution is -0.118. The van der Waals surface area contributed by atoms with Crippen LogP contribution in [-0.4, -0.2) is 35.3 Å². The van der Waals surface area contributed by atoms with Gasteiger partial charge >= 0.3 is 6.61 Å². The van der Waals surface area contributed by atoms with Crippen LogP contribution in [-0.2, 0) is 11.3 Å². The van der Waals surface area contributed by atoms with Crippen LogP contribution < -0.4 is 14.8 Å². The van der Waals surface area contributed by atoms with Crippen LogP contribution in [0.15, 0.2) is 47.6 Å². The number of alkyl halides is 2. The Hall–Kier alpha value is -2.81. The van der Waals surface area contributed by atoms with E-state index in [1.165, 1.54) is 24.9 Å². The van der Waals surface area contributed by atoms with Crippen LogP contribution in [0.2, 0.25) is 0 Å². The molecule has 0 spiro atoms. The maximum absolute atomic E-state index is 12.3. The zero-order valence-electron chi connectivity index (χ0n) is 14.4. The first-order valence-electron chi connectivity index (χ1n) is 8.01. The van der Waals surface area contributed by atoms with E-state index in [0.29, 0.717) is 10.7 Å². The summed E-state index contributed by atoms with van der Waals surface area (Å²) in [5, 5.41) is 3.44. The molecule has 27 heavy (non-hydrogen) atoms. The number of carbonyl (C=O) groups excluding carboxylic acids is 1. The van der Waals surface area contributed by atoms with Crippen LogP contribution in [0.1, 0.15) is 5.56 Å². The number of para-hydroxylation sites is 2. The summed E-state index contributed by atoms with van der Waals surface area (Å²) in [6, 6.07) is 12.1. The van der Waals surface area contributed by atoms with Crippen LogP contribution in [0.25, 0.3) is 11.0 Å². The number of nitrogens with one attached hydrogen (secondary N) is 2. The van der Waals surface area contributed by atoms with Crippen LogP contribution in [0.5, 0.6) is 11.5 Å². The van der Waals surface area contributed by atoms with Crippen LogP contribution in [0.4, 0.5) is 8.78 Å². The third-order valence-corrected chi connectivity index (χ3v) is 4.51. The Morgan fingerprint density at radius 1 is 1.26 bits per heavy atom. The van der Waals surface area contributed by atoms with E-state index in [1.807, 2.05) is 24.3 Å². The summed E-state index contributed by atoms with van der Waals surface area (Å²) in [6.07, 6.45) is 0. The molecule has 0 saturated carbocycles. The van der Waals surface area contributed by atoms with Crippen LogP contribution in [0.3, 0.4) is 0 Å². The number of halogens is 2. The SMILES string of the molecule is COc1cc(CNC(=O)CSc2nc3ccccc3[nH]2)ccc1OC(F)F. The number of carbonyl (C=O) groups is 1. The highest BCUT2D eigenvalue weighted by atomic mass is 32.2. The van der Waals surface area contributed by atoms with Crippen molar-refractivity contribution in [2.24, 2.45) is 0 Å². The molecule has 0 aliphatic carbocycles. The van der Waals surface area contributed by atoms with Gasteiger partial charge in [-0.25, -0.2) is 4.98 Å². The number of hydrogen-bond acceptors (Lipinski definition) is 5. The van der Waals surface area contributed by atoms with Gasteiger partial charge in [-0.3, -0.25) is 4.79 Å². The number of amides is 1. The summed E-state index contributed by atoms with van der Waals surface area (Å²) in [6.45, 7) is -2.69. The van der Waals surface area contributed by atoms with Gasteiger partial charge in [-0.15, -0.1) is 0 Å². The van der Waals surface area contributed by atoms with Gasteiger partial charge in [-0.2, -0.15) is 8.78 Å². The van der Waals surface area contributed by atoms with Crippen LogP contribution in [0, 0.1) is 0 Å². The fourth-order valence-corrected chi connectivity index (χ4v) is 3.11. The molecule has 2 N–H and O–H groups in total. The first kappa shape index (κ1) is 19.0.